The highest BCUT2D eigenvalue weighted by atomic mass is 32.2. The summed E-state index contributed by atoms with van der Waals surface area (Å²) in [6, 6.07) is 1.10. The first-order valence-electron chi connectivity index (χ1n) is 7.65. The quantitative estimate of drug-likeness (QED) is 0.819. The average molecular weight is 358 g/mol. The van der Waals surface area contributed by atoms with Gasteiger partial charge in [0.15, 0.2) is 0 Å². The second kappa shape index (κ2) is 6.56. The summed E-state index contributed by atoms with van der Waals surface area (Å²) in [7, 11) is -1.10. The maximum absolute atomic E-state index is 12.4. The van der Waals surface area contributed by atoms with Crippen LogP contribution in [0, 0.1) is 5.92 Å². The molecule has 9 heteroatoms. The van der Waals surface area contributed by atoms with E-state index in [1.165, 1.54) is 14.1 Å². The first-order chi connectivity index (χ1) is 11.1. The van der Waals surface area contributed by atoms with Crippen molar-refractivity contribution in [3.8, 4) is 0 Å². The Labute approximate surface area is 140 Å². The smallest absolute Gasteiger partial charge is 0.329 e. The molecule has 0 bridgehead atoms. The third kappa shape index (κ3) is 3.46. The molecule has 0 aliphatic heterocycles. The van der Waals surface area contributed by atoms with Gasteiger partial charge in [0.2, 0.25) is 5.09 Å². The lowest BCUT2D eigenvalue weighted by molar-refractivity contribution is -0.146. The molecule has 1 amide bonds. The van der Waals surface area contributed by atoms with Crippen LogP contribution in [-0.2, 0) is 14.8 Å². The number of nitrogens with one attached hydrogen (secondary N) is 1. The fraction of sp³-hybridized carbons (Fsp3) is 0.600. The number of amides is 1. The van der Waals surface area contributed by atoms with E-state index in [9.17, 15) is 23.1 Å². The van der Waals surface area contributed by atoms with Crippen LogP contribution in [0.2, 0.25) is 0 Å². The number of hydrogen-bond acceptors (Lipinski definition) is 5. The van der Waals surface area contributed by atoms with E-state index in [4.69, 9.17) is 4.42 Å². The van der Waals surface area contributed by atoms with Crippen LogP contribution in [-0.4, -0.2) is 49.3 Å². The van der Waals surface area contributed by atoms with E-state index in [0.717, 1.165) is 16.6 Å². The molecule has 24 heavy (non-hydrogen) atoms. The number of sulfonamides is 1. The van der Waals surface area contributed by atoms with E-state index in [0.29, 0.717) is 31.6 Å². The van der Waals surface area contributed by atoms with Gasteiger partial charge in [-0.05, 0) is 31.6 Å². The predicted octanol–water partition coefficient (Wildman–Crippen LogP) is 1.29. The van der Waals surface area contributed by atoms with Gasteiger partial charge in [0, 0.05) is 20.2 Å². The molecule has 0 radical (unpaired) electrons. The number of furan rings is 1. The summed E-state index contributed by atoms with van der Waals surface area (Å²) in [5.41, 5.74) is -1.34. The molecule has 8 nitrogen and oxygen atoms in total. The summed E-state index contributed by atoms with van der Waals surface area (Å²) in [4.78, 5) is 24.0. The van der Waals surface area contributed by atoms with Crippen molar-refractivity contribution < 1.29 is 27.5 Å². The fourth-order valence-electron chi connectivity index (χ4n) is 2.69. The van der Waals surface area contributed by atoms with Gasteiger partial charge in [-0.3, -0.25) is 4.79 Å². The lowest BCUT2D eigenvalue weighted by Gasteiger charge is -2.36. The predicted molar refractivity (Wildman–Crippen MR) is 85.0 cm³/mol. The number of carboxylic acids is 1. The minimum absolute atomic E-state index is 0.0188. The number of carboxylic acid groups (broad SMARTS) is 1. The Kier molecular flexibility index (Phi) is 5.05. The molecular weight excluding hydrogens is 336 g/mol. The third-order valence-corrected chi connectivity index (χ3v) is 6.15. The van der Waals surface area contributed by atoms with Gasteiger partial charge in [0.1, 0.15) is 11.8 Å². The molecule has 134 valence electrons. The zero-order valence-corrected chi connectivity index (χ0v) is 14.7. The van der Waals surface area contributed by atoms with E-state index >= 15 is 0 Å². The maximum Gasteiger partial charge on any atom is 0.329 e. The van der Waals surface area contributed by atoms with Crippen LogP contribution in [0.1, 0.15) is 43.0 Å². The third-order valence-electron chi connectivity index (χ3n) is 4.46. The molecule has 1 heterocycles. The highest BCUT2D eigenvalue weighted by Crippen LogP contribution is 2.32. The molecule has 0 unspecified atom stereocenters. The van der Waals surface area contributed by atoms with Crippen molar-refractivity contribution in [2.75, 3.05) is 14.1 Å². The topological polar surface area (TPSA) is 117 Å². The van der Waals surface area contributed by atoms with Crippen LogP contribution in [0.3, 0.4) is 0 Å². The van der Waals surface area contributed by atoms with Gasteiger partial charge >= 0.3 is 5.97 Å². The van der Waals surface area contributed by atoms with Crippen molar-refractivity contribution in [1.29, 1.82) is 0 Å². The summed E-state index contributed by atoms with van der Waals surface area (Å²) in [6.07, 6.45) is 3.12. The molecular formula is C15H22N2O6S. The number of carbonyl (C=O) groups excluding carboxylic acids is 1. The molecule has 0 saturated heterocycles. The molecule has 2 rings (SSSR count). The van der Waals surface area contributed by atoms with E-state index in [1.807, 2.05) is 6.92 Å². The first-order valence-corrected chi connectivity index (χ1v) is 9.09. The van der Waals surface area contributed by atoms with Crippen molar-refractivity contribution in [2.45, 2.75) is 43.2 Å². The van der Waals surface area contributed by atoms with Crippen LogP contribution in [0.5, 0.6) is 0 Å². The molecule has 2 N–H and O–H groups in total. The Morgan fingerprint density at radius 2 is 1.92 bits per heavy atom. The largest absolute Gasteiger partial charge is 0.480 e. The Balaban J connectivity index is 2.20. The highest BCUT2D eigenvalue weighted by molar-refractivity contribution is 7.88. The van der Waals surface area contributed by atoms with E-state index < -0.39 is 27.4 Å². The molecule has 1 aromatic rings. The molecule has 1 aliphatic carbocycles. The minimum atomic E-state index is -3.79. The van der Waals surface area contributed by atoms with Gasteiger partial charge in [0.25, 0.3) is 15.9 Å². The molecule has 1 aromatic heterocycles. The molecule has 1 fully saturated rings. The zero-order valence-electron chi connectivity index (χ0n) is 13.9. The van der Waals surface area contributed by atoms with Crippen molar-refractivity contribution in [1.82, 2.24) is 9.62 Å². The molecule has 0 aromatic carbocycles. The average Bonchev–Trinajstić information content (AvgIpc) is 3.00. The lowest BCUT2D eigenvalue weighted by Crippen LogP contribution is -2.56. The van der Waals surface area contributed by atoms with Crippen LogP contribution in [0.15, 0.2) is 21.8 Å². The van der Waals surface area contributed by atoms with Crippen molar-refractivity contribution in [3.05, 3.63) is 17.9 Å². The second-order valence-corrected chi connectivity index (χ2v) is 8.55. The number of nitrogens with zero attached hydrogens (tertiary/aromatic N) is 1. The number of carbonyl (C=O) groups is 2. The van der Waals surface area contributed by atoms with Crippen molar-refractivity contribution in [3.63, 3.8) is 0 Å². The van der Waals surface area contributed by atoms with Gasteiger partial charge in [-0.15, -0.1) is 0 Å². The number of hydrogen-bond donors (Lipinski definition) is 2. The zero-order chi connectivity index (χ0) is 18.1. The monoisotopic (exact) mass is 358 g/mol. The van der Waals surface area contributed by atoms with Crippen LogP contribution < -0.4 is 5.32 Å². The number of rotatable bonds is 5. The Morgan fingerprint density at radius 1 is 1.33 bits per heavy atom. The van der Waals surface area contributed by atoms with Crippen LogP contribution in [0.25, 0.3) is 0 Å². The summed E-state index contributed by atoms with van der Waals surface area (Å²) in [5, 5.41) is 11.7. The van der Waals surface area contributed by atoms with Crippen LogP contribution in [0.4, 0.5) is 0 Å². The minimum Gasteiger partial charge on any atom is -0.480 e. The molecule has 0 atom stereocenters. The summed E-state index contributed by atoms with van der Waals surface area (Å²) in [5.74, 6) is -1.32. The lowest BCUT2D eigenvalue weighted by atomic mass is 9.77. The van der Waals surface area contributed by atoms with Crippen molar-refractivity contribution >= 4 is 21.9 Å². The van der Waals surface area contributed by atoms with E-state index in [1.54, 1.807) is 0 Å². The first kappa shape index (κ1) is 18.5. The fourth-order valence-corrected chi connectivity index (χ4v) is 3.49. The summed E-state index contributed by atoms with van der Waals surface area (Å²) >= 11 is 0. The standard InChI is InChI=1S/C15H22N2O6S/c1-10-4-6-15(7-5-10,14(19)20)16-13(18)11-8-12(23-9-11)24(21,22)17(2)3/h8-10H,4-7H2,1-3H3,(H,16,18)(H,19,20). The molecule has 1 saturated carbocycles. The molecule has 1 aliphatic rings. The van der Waals surface area contributed by atoms with Gasteiger partial charge in [-0.1, -0.05) is 6.92 Å². The van der Waals surface area contributed by atoms with E-state index in [2.05, 4.69) is 5.32 Å². The van der Waals surface area contributed by atoms with Gasteiger partial charge in [-0.25, -0.2) is 17.5 Å². The van der Waals surface area contributed by atoms with E-state index in [-0.39, 0.29) is 10.7 Å². The Bertz CT molecular complexity index is 729. The highest BCUT2D eigenvalue weighted by Gasteiger charge is 2.42. The van der Waals surface area contributed by atoms with Gasteiger partial charge in [0.05, 0.1) is 5.56 Å². The summed E-state index contributed by atoms with van der Waals surface area (Å²) in [6.45, 7) is 2.04. The normalized spacial score (nSPS) is 24.8. The van der Waals surface area contributed by atoms with Crippen LogP contribution >= 0.6 is 0 Å². The van der Waals surface area contributed by atoms with Gasteiger partial charge in [-0.2, -0.15) is 0 Å². The Morgan fingerprint density at radius 3 is 2.42 bits per heavy atom. The maximum atomic E-state index is 12.4. The Hall–Kier alpha value is -1.87. The summed E-state index contributed by atoms with van der Waals surface area (Å²) < 4.78 is 29.9. The second-order valence-electron chi connectivity index (χ2n) is 6.47. The number of aliphatic carboxylic acids is 1. The van der Waals surface area contributed by atoms with Crippen molar-refractivity contribution in [2.24, 2.45) is 5.92 Å². The van der Waals surface area contributed by atoms with Gasteiger partial charge < -0.3 is 14.8 Å². The molecule has 0 spiro atoms. The SMILES string of the molecule is CC1CCC(NC(=O)c2coc(S(=O)(=O)N(C)C)c2)(C(=O)O)CC1.